The minimum atomic E-state index is -0.182. The summed E-state index contributed by atoms with van der Waals surface area (Å²) < 4.78 is 10.7. The molecule has 1 N–H and O–H groups in total. The van der Waals surface area contributed by atoms with E-state index in [2.05, 4.69) is 0 Å². The Kier molecular flexibility index (Phi) is 4.77. The van der Waals surface area contributed by atoms with Crippen molar-refractivity contribution in [3.63, 3.8) is 0 Å². The summed E-state index contributed by atoms with van der Waals surface area (Å²) in [4.78, 5) is 0. The monoisotopic (exact) mass is 224 g/mol. The van der Waals surface area contributed by atoms with Crippen LogP contribution in [-0.4, -0.2) is 25.4 Å². The molecule has 0 aliphatic carbocycles. The molecule has 1 aromatic rings. The van der Waals surface area contributed by atoms with E-state index in [0.29, 0.717) is 13.2 Å². The van der Waals surface area contributed by atoms with Gasteiger partial charge in [0.05, 0.1) is 26.9 Å². The summed E-state index contributed by atoms with van der Waals surface area (Å²) in [5, 5.41) is 9.07. The molecule has 1 rings (SSSR count). The summed E-state index contributed by atoms with van der Waals surface area (Å²) in [5.74, 6) is 0.836. The van der Waals surface area contributed by atoms with Crippen LogP contribution in [0.5, 0.6) is 5.75 Å². The fraction of sp³-hybridized carbons (Fsp3) is 0.538. The normalized spacial score (nSPS) is 11.5. The zero-order valence-corrected chi connectivity index (χ0v) is 10.2. The van der Waals surface area contributed by atoms with E-state index >= 15 is 0 Å². The molecule has 0 bridgehead atoms. The lowest BCUT2D eigenvalue weighted by molar-refractivity contribution is 0.0197. The molecule has 0 aliphatic heterocycles. The second-order valence-corrected chi connectivity index (χ2v) is 4.67. The molecule has 0 heterocycles. The van der Waals surface area contributed by atoms with E-state index in [-0.39, 0.29) is 12.0 Å². The van der Waals surface area contributed by atoms with Crippen LogP contribution in [0.1, 0.15) is 19.4 Å². The van der Waals surface area contributed by atoms with Crippen molar-refractivity contribution in [2.75, 3.05) is 20.3 Å². The molecule has 3 nitrogen and oxygen atoms in total. The molecular formula is C13H20O3. The zero-order chi connectivity index (χ0) is 12.0. The van der Waals surface area contributed by atoms with Crippen LogP contribution in [0, 0.1) is 5.41 Å². The zero-order valence-electron chi connectivity index (χ0n) is 10.2. The highest BCUT2D eigenvalue weighted by atomic mass is 16.5. The van der Waals surface area contributed by atoms with Gasteiger partial charge in [-0.3, -0.25) is 0 Å². The number of aliphatic hydroxyl groups excluding tert-OH is 1. The summed E-state index contributed by atoms with van der Waals surface area (Å²) in [5.41, 5.74) is 0.895. The van der Waals surface area contributed by atoms with Gasteiger partial charge in [0.15, 0.2) is 0 Å². The van der Waals surface area contributed by atoms with Gasteiger partial charge in [0, 0.05) is 5.41 Å². The maximum absolute atomic E-state index is 9.07. The topological polar surface area (TPSA) is 38.7 Å². The van der Waals surface area contributed by atoms with E-state index in [1.807, 2.05) is 38.1 Å². The molecule has 0 amide bonds. The third-order valence-corrected chi connectivity index (χ3v) is 2.32. The van der Waals surface area contributed by atoms with Gasteiger partial charge in [0.25, 0.3) is 0 Å². The molecular weight excluding hydrogens is 204 g/mol. The third-order valence-electron chi connectivity index (χ3n) is 2.32. The van der Waals surface area contributed by atoms with Gasteiger partial charge in [-0.25, -0.2) is 0 Å². The van der Waals surface area contributed by atoms with Gasteiger partial charge in [-0.05, 0) is 17.7 Å². The molecule has 0 saturated heterocycles. The fourth-order valence-electron chi connectivity index (χ4n) is 1.25. The fourth-order valence-corrected chi connectivity index (χ4v) is 1.25. The van der Waals surface area contributed by atoms with Crippen LogP contribution in [0.2, 0.25) is 0 Å². The van der Waals surface area contributed by atoms with Gasteiger partial charge < -0.3 is 14.6 Å². The van der Waals surface area contributed by atoms with Crippen molar-refractivity contribution in [3.8, 4) is 5.75 Å². The van der Waals surface area contributed by atoms with E-state index in [4.69, 9.17) is 14.6 Å². The number of hydrogen-bond acceptors (Lipinski definition) is 3. The average molecular weight is 224 g/mol. The molecule has 0 fully saturated rings. The van der Waals surface area contributed by atoms with Crippen LogP contribution in [0.15, 0.2) is 24.3 Å². The quantitative estimate of drug-likeness (QED) is 0.805. The van der Waals surface area contributed by atoms with E-state index in [1.165, 1.54) is 0 Å². The summed E-state index contributed by atoms with van der Waals surface area (Å²) >= 11 is 0. The van der Waals surface area contributed by atoms with E-state index in [1.54, 1.807) is 7.11 Å². The maximum Gasteiger partial charge on any atom is 0.119 e. The molecule has 0 unspecified atom stereocenters. The Morgan fingerprint density at radius 2 is 2.06 bits per heavy atom. The van der Waals surface area contributed by atoms with Crippen LogP contribution in [0.3, 0.4) is 0 Å². The minimum Gasteiger partial charge on any atom is -0.497 e. The number of methoxy groups -OCH3 is 1. The van der Waals surface area contributed by atoms with Crippen LogP contribution < -0.4 is 4.74 Å². The molecule has 0 aromatic heterocycles. The summed E-state index contributed by atoms with van der Waals surface area (Å²) in [7, 11) is 1.65. The SMILES string of the molecule is COc1cccc(COCC(C)(C)CO)c1. The lowest BCUT2D eigenvalue weighted by atomic mass is 9.97. The summed E-state index contributed by atoms with van der Waals surface area (Å²) in [6, 6.07) is 7.79. The first-order chi connectivity index (χ1) is 7.57. The second-order valence-electron chi connectivity index (χ2n) is 4.67. The van der Waals surface area contributed by atoms with Crippen molar-refractivity contribution in [2.45, 2.75) is 20.5 Å². The molecule has 16 heavy (non-hydrogen) atoms. The van der Waals surface area contributed by atoms with Gasteiger partial charge in [-0.15, -0.1) is 0 Å². The Labute approximate surface area is 97.0 Å². The van der Waals surface area contributed by atoms with Crippen LogP contribution in [0.25, 0.3) is 0 Å². The Hall–Kier alpha value is -1.06. The van der Waals surface area contributed by atoms with Gasteiger partial charge in [0.1, 0.15) is 5.75 Å². The summed E-state index contributed by atoms with van der Waals surface area (Å²) in [6.45, 7) is 5.16. The molecule has 90 valence electrons. The second kappa shape index (κ2) is 5.87. The number of ether oxygens (including phenoxy) is 2. The predicted octanol–water partition coefficient (Wildman–Crippen LogP) is 2.23. The van der Waals surface area contributed by atoms with Gasteiger partial charge in [-0.1, -0.05) is 26.0 Å². The lowest BCUT2D eigenvalue weighted by Gasteiger charge is -2.21. The number of benzene rings is 1. The number of rotatable bonds is 6. The smallest absolute Gasteiger partial charge is 0.119 e. The van der Waals surface area contributed by atoms with Gasteiger partial charge in [0.2, 0.25) is 0 Å². The Morgan fingerprint density at radius 3 is 2.69 bits per heavy atom. The largest absolute Gasteiger partial charge is 0.497 e. The highest BCUT2D eigenvalue weighted by Gasteiger charge is 2.16. The molecule has 0 spiro atoms. The Bertz CT molecular complexity index is 321. The standard InChI is InChI=1S/C13H20O3/c1-13(2,9-14)10-16-8-11-5-4-6-12(7-11)15-3/h4-7,14H,8-10H2,1-3H3. The van der Waals surface area contributed by atoms with Crippen molar-refractivity contribution < 1.29 is 14.6 Å². The maximum atomic E-state index is 9.07. The van der Waals surface area contributed by atoms with Gasteiger partial charge in [-0.2, -0.15) is 0 Å². The molecule has 3 heteroatoms. The minimum absolute atomic E-state index is 0.130. The number of hydrogen-bond donors (Lipinski definition) is 1. The highest BCUT2D eigenvalue weighted by molar-refractivity contribution is 5.27. The van der Waals surface area contributed by atoms with E-state index < -0.39 is 0 Å². The van der Waals surface area contributed by atoms with Crippen LogP contribution in [-0.2, 0) is 11.3 Å². The predicted molar refractivity (Wildman–Crippen MR) is 63.5 cm³/mol. The van der Waals surface area contributed by atoms with E-state index in [0.717, 1.165) is 11.3 Å². The lowest BCUT2D eigenvalue weighted by Crippen LogP contribution is -2.23. The highest BCUT2D eigenvalue weighted by Crippen LogP contribution is 2.17. The van der Waals surface area contributed by atoms with Crippen LogP contribution in [0.4, 0.5) is 0 Å². The summed E-state index contributed by atoms with van der Waals surface area (Å²) in [6.07, 6.45) is 0. The van der Waals surface area contributed by atoms with Gasteiger partial charge >= 0.3 is 0 Å². The van der Waals surface area contributed by atoms with Crippen LogP contribution >= 0.6 is 0 Å². The Balaban J connectivity index is 2.42. The number of aliphatic hydroxyl groups is 1. The van der Waals surface area contributed by atoms with E-state index in [9.17, 15) is 0 Å². The first kappa shape index (κ1) is 13.0. The third kappa shape index (κ3) is 4.21. The van der Waals surface area contributed by atoms with Crippen molar-refractivity contribution in [3.05, 3.63) is 29.8 Å². The van der Waals surface area contributed by atoms with Crippen molar-refractivity contribution in [2.24, 2.45) is 5.41 Å². The average Bonchev–Trinajstić information content (AvgIpc) is 2.29. The first-order valence-electron chi connectivity index (χ1n) is 5.39. The Morgan fingerprint density at radius 1 is 1.31 bits per heavy atom. The van der Waals surface area contributed by atoms with Crippen molar-refractivity contribution in [1.29, 1.82) is 0 Å². The first-order valence-corrected chi connectivity index (χ1v) is 5.39. The molecule has 0 saturated carbocycles. The molecule has 1 aromatic carbocycles. The van der Waals surface area contributed by atoms with Crippen molar-refractivity contribution >= 4 is 0 Å². The molecule has 0 atom stereocenters. The molecule has 0 aliphatic rings. The van der Waals surface area contributed by atoms with Crippen molar-refractivity contribution in [1.82, 2.24) is 0 Å². The molecule has 0 radical (unpaired) electrons.